The molecule has 1 aliphatic rings. The predicted octanol–water partition coefficient (Wildman–Crippen LogP) is 4.42. The number of fused-ring (bicyclic) bond motifs is 1. The van der Waals surface area contributed by atoms with Crippen LogP contribution in [0.25, 0.3) is 10.9 Å². The van der Waals surface area contributed by atoms with E-state index in [1.807, 2.05) is 18.2 Å². The Labute approximate surface area is 192 Å². The maximum atomic E-state index is 11.6. The first-order valence-corrected chi connectivity index (χ1v) is 11.1. The van der Waals surface area contributed by atoms with Crippen molar-refractivity contribution in [1.29, 1.82) is 0 Å². The number of carbonyl (C=O) groups is 2. The van der Waals surface area contributed by atoms with Crippen molar-refractivity contribution >= 4 is 22.8 Å². The van der Waals surface area contributed by atoms with Gasteiger partial charge in [0.25, 0.3) is 0 Å². The van der Waals surface area contributed by atoms with Crippen LogP contribution in [0, 0.1) is 6.92 Å². The molecule has 2 aromatic carbocycles. The van der Waals surface area contributed by atoms with Gasteiger partial charge in [0.1, 0.15) is 24.7 Å². The number of esters is 2. The molecule has 2 heterocycles. The monoisotopic (exact) mass is 451 g/mol. The topological polar surface area (TPSA) is 87.0 Å². The summed E-state index contributed by atoms with van der Waals surface area (Å²) in [6, 6.07) is 13.4. The third-order valence-electron chi connectivity index (χ3n) is 5.93. The van der Waals surface area contributed by atoms with Gasteiger partial charge in [-0.3, -0.25) is 9.59 Å². The van der Waals surface area contributed by atoms with Gasteiger partial charge in [-0.25, -0.2) is 0 Å². The van der Waals surface area contributed by atoms with Crippen molar-refractivity contribution in [2.24, 2.45) is 0 Å². The van der Waals surface area contributed by atoms with Crippen LogP contribution in [0.5, 0.6) is 5.75 Å². The Morgan fingerprint density at radius 2 is 1.85 bits per heavy atom. The zero-order valence-electron chi connectivity index (χ0n) is 19.1. The molecule has 1 N–H and O–H groups in total. The Kier molecular flexibility index (Phi) is 6.70. The van der Waals surface area contributed by atoms with E-state index in [-0.39, 0.29) is 42.7 Å². The lowest BCUT2D eigenvalue weighted by atomic mass is 10.0. The number of hydrogen-bond acceptors (Lipinski definition) is 6. The van der Waals surface area contributed by atoms with Gasteiger partial charge in [-0.05, 0) is 48.2 Å². The van der Waals surface area contributed by atoms with E-state index < -0.39 is 0 Å². The Balaban J connectivity index is 1.69. The Morgan fingerprint density at radius 3 is 2.55 bits per heavy atom. The highest BCUT2D eigenvalue weighted by atomic mass is 16.6. The average molecular weight is 452 g/mol. The van der Waals surface area contributed by atoms with Gasteiger partial charge in [0.05, 0.1) is 11.6 Å². The number of benzene rings is 2. The van der Waals surface area contributed by atoms with Crippen LogP contribution < -0.4 is 0 Å². The molecule has 174 valence electrons. The molecule has 1 aliphatic heterocycles. The molecule has 3 atom stereocenters. The summed E-state index contributed by atoms with van der Waals surface area (Å²) in [6.45, 7) is 4.96. The van der Waals surface area contributed by atoms with Crippen molar-refractivity contribution in [3.8, 4) is 5.75 Å². The first kappa shape index (κ1) is 22.9. The molecule has 0 radical (unpaired) electrons. The van der Waals surface area contributed by atoms with Gasteiger partial charge < -0.3 is 23.9 Å². The Hall–Kier alpha value is -3.32. The molecule has 3 aromatic rings. The highest BCUT2D eigenvalue weighted by Crippen LogP contribution is 2.35. The number of aryl methyl sites for hydroxylation is 1. The molecule has 1 fully saturated rings. The number of phenolic OH excluding ortho intramolecular Hbond substituents is 1. The van der Waals surface area contributed by atoms with Crippen LogP contribution in [0.4, 0.5) is 0 Å². The van der Waals surface area contributed by atoms with Crippen LogP contribution in [0.3, 0.4) is 0 Å². The van der Waals surface area contributed by atoms with Gasteiger partial charge in [0.15, 0.2) is 0 Å². The van der Waals surface area contributed by atoms with Gasteiger partial charge in [-0.15, -0.1) is 0 Å². The van der Waals surface area contributed by atoms with Crippen molar-refractivity contribution in [1.82, 2.24) is 4.57 Å². The molecule has 7 heteroatoms. The third kappa shape index (κ3) is 5.37. The SMILES string of the molecule is CC(=O)OCC1CC(OC(C)=O)CC(n2cc(Cc3ccc(O)cc3)c3c(C)cccc32)O1. The smallest absolute Gasteiger partial charge is 0.302 e. The number of aromatic hydroxyl groups is 1. The molecule has 0 bridgehead atoms. The first-order valence-electron chi connectivity index (χ1n) is 11.1. The van der Waals surface area contributed by atoms with Crippen LogP contribution in [0.2, 0.25) is 0 Å². The molecule has 7 nitrogen and oxygen atoms in total. The number of carbonyl (C=O) groups excluding carboxylic acids is 2. The summed E-state index contributed by atoms with van der Waals surface area (Å²) in [4.78, 5) is 23.0. The van der Waals surface area contributed by atoms with Gasteiger partial charge >= 0.3 is 11.9 Å². The lowest BCUT2D eigenvalue weighted by Crippen LogP contribution is -2.38. The quantitative estimate of drug-likeness (QED) is 0.559. The molecule has 0 aliphatic carbocycles. The number of rotatable bonds is 6. The molecule has 33 heavy (non-hydrogen) atoms. The van der Waals surface area contributed by atoms with E-state index in [2.05, 4.69) is 29.8 Å². The molecule has 3 unspecified atom stereocenters. The van der Waals surface area contributed by atoms with Crippen molar-refractivity contribution in [2.75, 3.05) is 6.61 Å². The predicted molar refractivity (Wildman–Crippen MR) is 123 cm³/mol. The molecule has 0 amide bonds. The van der Waals surface area contributed by atoms with Crippen molar-refractivity contribution < 1.29 is 28.9 Å². The first-order chi connectivity index (χ1) is 15.8. The largest absolute Gasteiger partial charge is 0.508 e. The summed E-state index contributed by atoms with van der Waals surface area (Å²) in [5.74, 6) is -0.473. The van der Waals surface area contributed by atoms with Crippen LogP contribution in [0.1, 0.15) is 49.6 Å². The van der Waals surface area contributed by atoms with E-state index >= 15 is 0 Å². The molecule has 0 saturated carbocycles. The third-order valence-corrected chi connectivity index (χ3v) is 5.93. The minimum atomic E-state index is -0.375. The van der Waals surface area contributed by atoms with E-state index in [9.17, 15) is 14.7 Å². The van der Waals surface area contributed by atoms with Crippen molar-refractivity contribution in [2.45, 2.75) is 58.5 Å². The average Bonchev–Trinajstić information content (AvgIpc) is 3.13. The second kappa shape index (κ2) is 9.67. The minimum Gasteiger partial charge on any atom is -0.508 e. The number of hydrogen-bond donors (Lipinski definition) is 1. The second-order valence-electron chi connectivity index (χ2n) is 8.59. The highest BCUT2D eigenvalue weighted by molar-refractivity contribution is 5.87. The van der Waals surface area contributed by atoms with E-state index in [4.69, 9.17) is 14.2 Å². The second-order valence-corrected chi connectivity index (χ2v) is 8.59. The summed E-state index contributed by atoms with van der Waals surface area (Å²) in [5, 5.41) is 10.8. The summed E-state index contributed by atoms with van der Waals surface area (Å²) < 4.78 is 19.1. The van der Waals surface area contributed by atoms with Gasteiger partial charge in [-0.1, -0.05) is 24.3 Å². The van der Waals surface area contributed by atoms with E-state index in [0.717, 1.165) is 27.6 Å². The Morgan fingerprint density at radius 1 is 1.09 bits per heavy atom. The molecule has 4 rings (SSSR count). The number of ether oxygens (including phenoxy) is 3. The molecule has 1 saturated heterocycles. The minimum absolute atomic E-state index is 0.113. The lowest BCUT2D eigenvalue weighted by molar-refractivity contribution is -0.178. The molecule has 0 spiro atoms. The summed E-state index contributed by atoms with van der Waals surface area (Å²) in [7, 11) is 0. The van der Waals surface area contributed by atoms with Gasteiger partial charge in [0.2, 0.25) is 0 Å². The van der Waals surface area contributed by atoms with Gasteiger partial charge in [-0.2, -0.15) is 0 Å². The standard InChI is InChI=1S/C26H29NO6/c1-16-5-4-6-24-26(16)20(11-19-7-9-21(30)10-8-19)14-27(24)25-13-22(32-18(3)29)12-23(33-25)15-31-17(2)28/h4-10,14,22-23,25,30H,11-13,15H2,1-3H3. The zero-order chi connectivity index (χ0) is 23.5. The van der Waals surface area contributed by atoms with Crippen LogP contribution in [-0.2, 0) is 30.2 Å². The number of aromatic nitrogens is 1. The highest BCUT2D eigenvalue weighted by Gasteiger charge is 2.34. The molecular formula is C26H29NO6. The maximum Gasteiger partial charge on any atom is 0.302 e. The zero-order valence-corrected chi connectivity index (χ0v) is 19.1. The number of phenols is 1. The Bertz CT molecular complexity index is 1150. The van der Waals surface area contributed by atoms with Crippen LogP contribution in [0.15, 0.2) is 48.7 Å². The summed E-state index contributed by atoms with van der Waals surface area (Å²) >= 11 is 0. The fourth-order valence-electron chi connectivity index (χ4n) is 4.57. The fourth-order valence-corrected chi connectivity index (χ4v) is 4.57. The van der Waals surface area contributed by atoms with E-state index in [1.165, 1.54) is 13.8 Å². The molecular weight excluding hydrogens is 422 g/mol. The maximum absolute atomic E-state index is 11.6. The number of nitrogens with zero attached hydrogens (tertiary/aromatic N) is 1. The van der Waals surface area contributed by atoms with Crippen LogP contribution >= 0.6 is 0 Å². The van der Waals surface area contributed by atoms with E-state index in [1.54, 1.807) is 12.1 Å². The van der Waals surface area contributed by atoms with Crippen LogP contribution in [-0.4, -0.2) is 40.4 Å². The van der Waals surface area contributed by atoms with Crippen molar-refractivity contribution in [3.63, 3.8) is 0 Å². The van der Waals surface area contributed by atoms with Gasteiger partial charge in [0, 0.05) is 38.3 Å². The fraction of sp³-hybridized carbons (Fsp3) is 0.385. The summed E-state index contributed by atoms with van der Waals surface area (Å²) in [6.07, 6.45) is 2.69. The van der Waals surface area contributed by atoms with Crippen molar-refractivity contribution in [3.05, 3.63) is 65.4 Å². The summed E-state index contributed by atoms with van der Waals surface area (Å²) in [5.41, 5.74) is 4.42. The normalized spacial score (nSPS) is 20.5. The lowest BCUT2D eigenvalue weighted by Gasteiger charge is -2.35. The molecule has 1 aromatic heterocycles. The van der Waals surface area contributed by atoms with E-state index in [0.29, 0.717) is 19.3 Å².